The lowest BCUT2D eigenvalue weighted by Gasteiger charge is -2.05. The fourth-order valence-electron chi connectivity index (χ4n) is 2.47. The quantitative estimate of drug-likeness (QED) is 0.769. The third-order valence-electron chi connectivity index (χ3n) is 3.65. The topological polar surface area (TPSA) is 52.0 Å². The summed E-state index contributed by atoms with van der Waals surface area (Å²) in [6.07, 6.45) is 1.02. The number of nitrogens with zero attached hydrogens (tertiary/aromatic N) is 1. The molecule has 106 valence electrons. The summed E-state index contributed by atoms with van der Waals surface area (Å²) in [5, 5.41) is 3.94. The number of nitrogens with two attached hydrogens (primary N) is 1. The van der Waals surface area contributed by atoms with Gasteiger partial charge >= 0.3 is 0 Å². The zero-order valence-corrected chi connectivity index (χ0v) is 12.3. The lowest BCUT2D eigenvalue weighted by Crippen LogP contribution is -1.89. The lowest BCUT2D eigenvalue weighted by molar-refractivity contribution is 0.436. The molecule has 2 N–H and O–H groups in total. The predicted molar refractivity (Wildman–Crippen MR) is 85.9 cm³/mol. The Bertz CT molecular complexity index is 757. The highest BCUT2D eigenvalue weighted by Crippen LogP contribution is 2.36. The molecule has 0 aliphatic rings. The van der Waals surface area contributed by atoms with Crippen molar-refractivity contribution in [3.05, 3.63) is 59.7 Å². The summed E-state index contributed by atoms with van der Waals surface area (Å²) in [5.74, 6) is 1.15. The van der Waals surface area contributed by atoms with Crippen LogP contribution in [0.5, 0.6) is 0 Å². The van der Waals surface area contributed by atoms with Gasteiger partial charge in [-0.2, -0.15) is 0 Å². The van der Waals surface area contributed by atoms with Crippen molar-refractivity contribution in [2.45, 2.75) is 20.3 Å². The van der Waals surface area contributed by atoms with Gasteiger partial charge in [0.1, 0.15) is 0 Å². The second-order valence-corrected chi connectivity index (χ2v) is 5.19. The van der Waals surface area contributed by atoms with Crippen molar-refractivity contribution in [1.29, 1.82) is 0 Å². The summed E-state index contributed by atoms with van der Waals surface area (Å²) in [5.41, 5.74) is 11.4. The minimum absolute atomic E-state index is 0.426. The second kappa shape index (κ2) is 5.44. The number of hydrogen-bond acceptors (Lipinski definition) is 3. The van der Waals surface area contributed by atoms with Gasteiger partial charge in [-0.05, 0) is 24.5 Å². The molecule has 0 amide bonds. The molecular weight excluding hydrogens is 260 g/mol. The van der Waals surface area contributed by atoms with Crippen LogP contribution >= 0.6 is 0 Å². The average Bonchev–Trinajstić information content (AvgIpc) is 2.89. The van der Waals surface area contributed by atoms with E-state index in [2.05, 4.69) is 55.4 Å². The summed E-state index contributed by atoms with van der Waals surface area (Å²) in [4.78, 5) is 0. The van der Waals surface area contributed by atoms with Crippen LogP contribution in [-0.2, 0) is 6.42 Å². The Kier molecular flexibility index (Phi) is 3.48. The Balaban J connectivity index is 2.12. The molecule has 3 heteroatoms. The van der Waals surface area contributed by atoms with Gasteiger partial charge in [-0.25, -0.2) is 0 Å². The van der Waals surface area contributed by atoms with Crippen molar-refractivity contribution in [2.75, 3.05) is 5.73 Å². The monoisotopic (exact) mass is 278 g/mol. The number of nitrogen functional groups attached to an aromatic ring is 1. The van der Waals surface area contributed by atoms with Gasteiger partial charge in [0.05, 0.1) is 5.56 Å². The summed E-state index contributed by atoms with van der Waals surface area (Å²) >= 11 is 0. The molecule has 0 bridgehead atoms. The van der Waals surface area contributed by atoms with E-state index >= 15 is 0 Å². The molecule has 0 saturated carbocycles. The van der Waals surface area contributed by atoms with Crippen molar-refractivity contribution in [3.63, 3.8) is 0 Å². The number of rotatable bonds is 3. The summed E-state index contributed by atoms with van der Waals surface area (Å²) in [7, 11) is 0. The lowest BCUT2D eigenvalue weighted by atomic mass is 9.99. The van der Waals surface area contributed by atoms with E-state index in [1.807, 2.05) is 12.1 Å². The SMILES string of the molecule is CCc1ccc(-c2onc(N)c2-c2cccc(C)c2)cc1. The molecule has 1 aromatic heterocycles. The highest BCUT2D eigenvalue weighted by molar-refractivity contribution is 5.86. The Hall–Kier alpha value is -2.55. The van der Waals surface area contributed by atoms with Crippen LogP contribution in [-0.4, -0.2) is 5.16 Å². The number of benzene rings is 2. The third kappa shape index (κ3) is 2.55. The van der Waals surface area contributed by atoms with E-state index in [9.17, 15) is 0 Å². The number of anilines is 1. The molecule has 2 aromatic carbocycles. The second-order valence-electron chi connectivity index (χ2n) is 5.19. The average molecular weight is 278 g/mol. The minimum atomic E-state index is 0.426. The molecule has 0 aliphatic heterocycles. The molecule has 0 spiro atoms. The highest BCUT2D eigenvalue weighted by Gasteiger charge is 2.17. The van der Waals surface area contributed by atoms with Crippen LogP contribution in [0.25, 0.3) is 22.5 Å². The molecule has 3 nitrogen and oxygen atoms in total. The fourth-order valence-corrected chi connectivity index (χ4v) is 2.47. The van der Waals surface area contributed by atoms with E-state index in [1.54, 1.807) is 0 Å². The first-order valence-electron chi connectivity index (χ1n) is 7.10. The Morgan fingerprint density at radius 2 is 1.81 bits per heavy atom. The molecule has 0 saturated heterocycles. The van der Waals surface area contributed by atoms with Crippen molar-refractivity contribution >= 4 is 5.82 Å². The van der Waals surface area contributed by atoms with Crippen LogP contribution in [0.1, 0.15) is 18.1 Å². The molecule has 0 fully saturated rings. The van der Waals surface area contributed by atoms with Crippen LogP contribution < -0.4 is 5.73 Å². The molecule has 0 atom stereocenters. The molecule has 0 radical (unpaired) electrons. The maximum absolute atomic E-state index is 6.01. The number of hydrogen-bond donors (Lipinski definition) is 1. The number of aromatic nitrogens is 1. The van der Waals surface area contributed by atoms with Crippen LogP contribution in [0.4, 0.5) is 5.82 Å². The van der Waals surface area contributed by atoms with Crippen molar-refractivity contribution in [3.8, 4) is 22.5 Å². The first-order valence-corrected chi connectivity index (χ1v) is 7.10. The van der Waals surface area contributed by atoms with Gasteiger partial charge in [0.2, 0.25) is 0 Å². The van der Waals surface area contributed by atoms with E-state index in [0.29, 0.717) is 5.82 Å². The predicted octanol–water partition coefficient (Wildman–Crippen LogP) is 4.46. The molecule has 1 heterocycles. The van der Waals surface area contributed by atoms with Crippen molar-refractivity contribution in [1.82, 2.24) is 5.16 Å². The van der Waals surface area contributed by atoms with Crippen LogP contribution in [0.15, 0.2) is 53.1 Å². The normalized spacial score (nSPS) is 10.8. The largest absolute Gasteiger partial charge is 0.380 e. The van der Waals surface area contributed by atoms with Gasteiger partial charge in [-0.3, -0.25) is 0 Å². The van der Waals surface area contributed by atoms with Crippen molar-refractivity contribution < 1.29 is 4.52 Å². The van der Waals surface area contributed by atoms with Crippen molar-refractivity contribution in [2.24, 2.45) is 0 Å². The third-order valence-corrected chi connectivity index (χ3v) is 3.65. The smallest absolute Gasteiger partial charge is 0.176 e. The van der Waals surface area contributed by atoms with Gasteiger partial charge < -0.3 is 10.3 Å². The molecule has 3 rings (SSSR count). The maximum atomic E-state index is 6.01. The molecule has 21 heavy (non-hydrogen) atoms. The first kappa shape index (κ1) is 13.4. The summed E-state index contributed by atoms with van der Waals surface area (Å²) in [6.45, 7) is 4.20. The van der Waals surface area contributed by atoms with Crippen LogP contribution in [0.3, 0.4) is 0 Å². The van der Waals surface area contributed by atoms with Gasteiger partial charge in [0, 0.05) is 5.56 Å². The number of aryl methyl sites for hydroxylation is 2. The van der Waals surface area contributed by atoms with Gasteiger partial charge in [-0.15, -0.1) is 0 Å². The van der Waals surface area contributed by atoms with Crippen LogP contribution in [0, 0.1) is 6.92 Å². The first-order chi connectivity index (χ1) is 10.2. The minimum Gasteiger partial charge on any atom is -0.380 e. The van der Waals surface area contributed by atoms with Gasteiger partial charge in [0.15, 0.2) is 11.6 Å². The zero-order valence-electron chi connectivity index (χ0n) is 12.3. The fraction of sp³-hybridized carbons (Fsp3) is 0.167. The van der Waals surface area contributed by atoms with Crippen LogP contribution in [0.2, 0.25) is 0 Å². The van der Waals surface area contributed by atoms with E-state index in [4.69, 9.17) is 10.3 Å². The molecular formula is C18H18N2O. The van der Waals surface area contributed by atoms with E-state index in [0.717, 1.165) is 28.9 Å². The maximum Gasteiger partial charge on any atom is 0.176 e. The van der Waals surface area contributed by atoms with Gasteiger partial charge in [-0.1, -0.05) is 66.2 Å². The van der Waals surface area contributed by atoms with E-state index in [1.165, 1.54) is 11.1 Å². The summed E-state index contributed by atoms with van der Waals surface area (Å²) in [6, 6.07) is 16.5. The molecule has 3 aromatic rings. The zero-order chi connectivity index (χ0) is 14.8. The Morgan fingerprint density at radius 1 is 1.05 bits per heavy atom. The van der Waals surface area contributed by atoms with E-state index < -0.39 is 0 Å². The Morgan fingerprint density at radius 3 is 2.48 bits per heavy atom. The summed E-state index contributed by atoms with van der Waals surface area (Å²) < 4.78 is 5.47. The Labute approximate surface area is 124 Å². The molecule has 0 aliphatic carbocycles. The standard InChI is InChI=1S/C18H18N2O/c1-3-13-7-9-14(10-8-13)17-16(18(19)20-21-17)15-6-4-5-12(2)11-15/h4-11H,3H2,1-2H3,(H2,19,20). The van der Waals surface area contributed by atoms with E-state index in [-0.39, 0.29) is 0 Å². The highest BCUT2D eigenvalue weighted by atomic mass is 16.5. The molecule has 0 unspecified atom stereocenters. The van der Waals surface area contributed by atoms with Gasteiger partial charge in [0.25, 0.3) is 0 Å².